The minimum Gasteiger partial charge on any atom is -0.491 e. The van der Waals surface area contributed by atoms with Gasteiger partial charge in [-0.25, -0.2) is 0 Å². The summed E-state index contributed by atoms with van der Waals surface area (Å²) in [6, 6.07) is 14.8. The van der Waals surface area contributed by atoms with Crippen LogP contribution in [0.5, 0.6) is 5.75 Å². The summed E-state index contributed by atoms with van der Waals surface area (Å²) >= 11 is 6.46. The van der Waals surface area contributed by atoms with Crippen molar-refractivity contribution in [1.82, 2.24) is 5.32 Å². The summed E-state index contributed by atoms with van der Waals surface area (Å²) in [4.78, 5) is 0. The van der Waals surface area contributed by atoms with E-state index in [0.717, 1.165) is 17.9 Å². The number of hydrogen-bond acceptors (Lipinski definition) is 2. The van der Waals surface area contributed by atoms with Crippen LogP contribution in [0, 0.1) is 5.92 Å². The van der Waals surface area contributed by atoms with Gasteiger partial charge in [0.2, 0.25) is 0 Å². The Labute approximate surface area is 131 Å². The molecule has 1 aliphatic rings. The van der Waals surface area contributed by atoms with Gasteiger partial charge in [-0.3, -0.25) is 0 Å². The third-order valence-electron chi connectivity index (χ3n) is 4.00. The molecule has 0 radical (unpaired) electrons. The molecule has 0 saturated carbocycles. The summed E-state index contributed by atoms with van der Waals surface area (Å²) in [5.74, 6) is 1.26. The molecule has 0 aliphatic carbocycles. The molecule has 0 fully saturated rings. The van der Waals surface area contributed by atoms with Crippen molar-refractivity contribution in [3.05, 3.63) is 53.1 Å². The Bertz CT molecular complexity index is 627. The third kappa shape index (κ3) is 2.78. The molecule has 0 aromatic heterocycles. The number of halogens is 1. The van der Waals surface area contributed by atoms with Crippen LogP contribution in [0.15, 0.2) is 42.5 Å². The molecule has 2 unspecified atom stereocenters. The van der Waals surface area contributed by atoms with Crippen molar-refractivity contribution in [3.63, 3.8) is 0 Å². The lowest BCUT2D eigenvalue weighted by Gasteiger charge is -2.33. The maximum absolute atomic E-state index is 6.46. The Morgan fingerprint density at radius 1 is 1.19 bits per heavy atom. The van der Waals surface area contributed by atoms with Crippen LogP contribution in [-0.2, 0) is 0 Å². The van der Waals surface area contributed by atoms with Crippen LogP contribution in [0.3, 0.4) is 0 Å². The minimum absolute atomic E-state index is 0.292. The van der Waals surface area contributed by atoms with Crippen molar-refractivity contribution in [2.75, 3.05) is 13.2 Å². The van der Waals surface area contributed by atoms with Gasteiger partial charge in [0.25, 0.3) is 0 Å². The molecule has 2 aromatic carbocycles. The summed E-state index contributed by atoms with van der Waals surface area (Å²) in [5.41, 5.74) is 3.48. The highest BCUT2D eigenvalue weighted by molar-refractivity contribution is 6.32. The number of rotatable bonds is 3. The lowest BCUT2D eigenvalue weighted by atomic mass is 9.89. The predicted molar refractivity (Wildman–Crippen MR) is 88.0 cm³/mol. The van der Waals surface area contributed by atoms with E-state index in [0.29, 0.717) is 23.6 Å². The summed E-state index contributed by atoms with van der Waals surface area (Å²) in [6.45, 7) is 5.97. The van der Waals surface area contributed by atoms with Crippen molar-refractivity contribution >= 4 is 11.6 Å². The summed E-state index contributed by atoms with van der Waals surface area (Å²) in [5, 5.41) is 4.25. The molecule has 1 aliphatic heterocycles. The largest absolute Gasteiger partial charge is 0.491 e. The Morgan fingerprint density at radius 3 is 2.67 bits per heavy atom. The highest BCUT2D eigenvalue weighted by Crippen LogP contribution is 2.42. The Kier molecular flexibility index (Phi) is 4.18. The van der Waals surface area contributed by atoms with Crippen molar-refractivity contribution < 1.29 is 4.74 Å². The molecule has 110 valence electrons. The smallest absolute Gasteiger partial charge is 0.142 e. The molecule has 0 amide bonds. The molecule has 0 saturated heterocycles. The standard InChI is InChI=1S/C18H20ClNO/c1-3-20-17-12(2)11-21-18-15(17)9-14(10-16(18)19)13-7-5-4-6-8-13/h4-10,12,17,20H,3,11H2,1-2H3. The van der Waals surface area contributed by atoms with Crippen LogP contribution < -0.4 is 10.1 Å². The van der Waals surface area contributed by atoms with E-state index in [9.17, 15) is 0 Å². The quantitative estimate of drug-likeness (QED) is 0.888. The Hall–Kier alpha value is -1.51. The first kappa shape index (κ1) is 14.4. The first-order chi connectivity index (χ1) is 10.2. The van der Waals surface area contributed by atoms with E-state index in [1.54, 1.807) is 0 Å². The van der Waals surface area contributed by atoms with Crippen LogP contribution in [0.1, 0.15) is 25.5 Å². The maximum Gasteiger partial charge on any atom is 0.142 e. The predicted octanol–water partition coefficient (Wildman–Crippen LogP) is 4.69. The SMILES string of the molecule is CCNC1c2cc(-c3ccccc3)cc(Cl)c2OCC1C. The number of benzene rings is 2. The average molecular weight is 302 g/mol. The molecular formula is C18H20ClNO. The average Bonchev–Trinajstić information content (AvgIpc) is 2.51. The lowest BCUT2D eigenvalue weighted by Crippen LogP contribution is -2.34. The maximum atomic E-state index is 6.46. The zero-order chi connectivity index (χ0) is 14.8. The highest BCUT2D eigenvalue weighted by atomic mass is 35.5. The topological polar surface area (TPSA) is 21.3 Å². The zero-order valence-electron chi connectivity index (χ0n) is 12.4. The molecular weight excluding hydrogens is 282 g/mol. The van der Waals surface area contributed by atoms with Crippen LogP contribution in [0.4, 0.5) is 0 Å². The molecule has 1 heterocycles. The molecule has 21 heavy (non-hydrogen) atoms. The van der Waals surface area contributed by atoms with Crippen LogP contribution >= 0.6 is 11.6 Å². The van der Waals surface area contributed by atoms with Gasteiger partial charge in [-0.1, -0.05) is 55.8 Å². The van der Waals surface area contributed by atoms with E-state index < -0.39 is 0 Å². The second kappa shape index (κ2) is 6.08. The molecule has 3 heteroatoms. The lowest BCUT2D eigenvalue weighted by molar-refractivity contribution is 0.190. The first-order valence-electron chi connectivity index (χ1n) is 7.45. The highest BCUT2D eigenvalue weighted by Gasteiger charge is 2.29. The van der Waals surface area contributed by atoms with E-state index >= 15 is 0 Å². The molecule has 0 bridgehead atoms. The van der Waals surface area contributed by atoms with E-state index in [2.05, 4.69) is 37.4 Å². The minimum atomic E-state index is 0.292. The molecule has 1 N–H and O–H groups in total. The first-order valence-corrected chi connectivity index (χ1v) is 7.83. The molecule has 2 aromatic rings. The number of hydrogen-bond donors (Lipinski definition) is 1. The van der Waals surface area contributed by atoms with Gasteiger partial charge in [0.1, 0.15) is 5.75 Å². The van der Waals surface area contributed by atoms with Crippen molar-refractivity contribution in [1.29, 1.82) is 0 Å². The number of fused-ring (bicyclic) bond motifs is 1. The van der Waals surface area contributed by atoms with Crippen LogP contribution in [0.25, 0.3) is 11.1 Å². The number of ether oxygens (including phenoxy) is 1. The van der Waals surface area contributed by atoms with Crippen molar-refractivity contribution in [2.45, 2.75) is 19.9 Å². The monoisotopic (exact) mass is 301 g/mol. The van der Waals surface area contributed by atoms with E-state index in [-0.39, 0.29) is 0 Å². The summed E-state index contributed by atoms with van der Waals surface area (Å²) < 4.78 is 5.86. The summed E-state index contributed by atoms with van der Waals surface area (Å²) in [7, 11) is 0. The fourth-order valence-electron chi connectivity index (χ4n) is 2.94. The Balaban J connectivity index is 2.10. The van der Waals surface area contributed by atoms with Crippen molar-refractivity contribution in [2.24, 2.45) is 5.92 Å². The van der Waals surface area contributed by atoms with Gasteiger partial charge < -0.3 is 10.1 Å². The van der Waals surface area contributed by atoms with Gasteiger partial charge in [-0.15, -0.1) is 0 Å². The van der Waals surface area contributed by atoms with Crippen LogP contribution in [0.2, 0.25) is 5.02 Å². The fraction of sp³-hybridized carbons (Fsp3) is 0.333. The summed E-state index contributed by atoms with van der Waals surface area (Å²) in [6.07, 6.45) is 0. The zero-order valence-corrected chi connectivity index (χ0v) is 13.2. The van der Waals surface area contributed by atoms with Gasteiger partial charge in [-0.2, -0.15) is 0 Å². The molecule has 2 atom stereocenters. The second-order valence-corrected chi connectivity index (χ2v) is 5.97. The second-order valence-electron chi connectivity index (χ2n) is 5.57. The van der Waals surface area contributed by atoms with E-state index in [4.69, 9.17) is 16.3 Å². The van der Waals surface area contributed by atoms with E-state index in [1.165, 1.54) is 11.1 Å². The van der Waals surface area contributed by atoms with Gasteiger partial charge in [0.15, 0.2) is 0 Å². The number of nitrogens with one attached hydrogen (secondary N) is 1. The van der Waals surface area contributed by atoms with Gasteiger partial charge in [-0.05, 0) is 29.8 Å². The molecule has 0 spiro atoms. The van der Waals surface area contributed by atoms with Crippen molar-refractivity contribution in [3.8, 4) is 16.9 Å². The van der Waals surface area contributed by atoms with E-state index in [1.807, 2.05) is 24.3 Å². The normalized spacial score (nSPS) is 20.7. The molecule has 3 rings (SSSR count). The van der Waals surface area contributed by atoms with Gasteiger partial charge >= 0.3 is 0 Å². The molecule has 2 nitrogen and oxygen atoms in total. The van der Waals surface area contributed by atoms with Gasteiger partial charge in [0, 0.05) is 17.5 Å². The fourth-order valence-corrected chi connectivity index (χ4v) is 3.23. The Morgan fingerprint density at radius 2 is 1.95 bits per heavy atom. The van der Waals surface area contributed by atoms with Crippen LogP contribution in [-0.4, -0.2) is 13.2 Å². The van der Waals surface area contributed by atoms with Gasteiger partial charge in [0.05, 0.1) is 11.6 Å². The third-order valence-corrected chi connectivity index (χ3v) is 4.28.